The molecular weight excluding hydrogens is 272 g/mol. The van der Waals surface area contributed by atoms with Gasteiger partial charge in [0.05, 0.1) is 7.11 Å². The van der Waals surface area contributed by atoms with Gasteiger partial charge in [-0.05, 0) is 6.92 Å². The summed E-state index contributed by atoms with van der Waals surface area (Å²) in [5, 5.41) is 3.78. The first-order valence-corrected chi connectivity index (χ1v) is 6.54. The Morgan fingerprint density at radius 3 is 2.62 bits per heavy atom. The SMILES string of the molecule is CCN(CC(=O)OC)C(=O)c1cc(-c2ccccc2)on1. The summed E-state index contributed by atoms with van der Waals surface area (Å²) in [6, 6.07) is 10.9. The number of carbonyl (C=O) groups is 2. The maximum Gasteiger partial charge on any atom is 0.325 e. The standard InChI is InChI=1S/C15H16N2O4/c1-3-17(10-14(18)20-2)15(19)12-9-13(21-16-12)11-7-5-4-6-8-11/h4-9H,3,10H2,1-2H3. The van der Waals surface area contributed by atoms with Crippen LogP contribution in [0.5, 0.6) is 0 Å². The van der Waals surface area contributed by atoms with Crippen LogP contribution in [0.25, 0.3) is 11.3 Å². The zero-order valence-corrected chi connectivity index (χ0v) is 11.9. The number of esters is 1. The first-order valence-electron chi connectivity index (χ1n) is 6.54. The highest BCUT2D eigenvalue weighted by Gasteiger charge is 2.21. The van der Waals surface area contributed by atoms with Gasteiger partial charge in [-0.1, -0.05) is 35.5 Å². The van der Waals surface area contributed by atoms with Gasteiger partial charge in [-0.25, -0.2) is 0 Å². The number of likely N-dealkylation sites (N-methyl/N-ethyl adjacent to an activating group) is 1. The number of amides is 1. The summed E-state index contributed by atoms with van der Waals surface area (Å²) in [6.07, 6.45) is 0. The molecule has 0 spiro atoms. The second-order valence-corrected chi connectivity index (χ2v) is 4.34. The molecule has 0 radical (unpaired) electrons. The molecule has 6 nitrogen and oxygen atoms in total. The maximum atomic E-state index is 12.3. The van der Waals surface area contributed by atoms with Crippen LogP contribution in [-0.2, 0) is 9.53 Å². The summed E-state index contributed by atoms with van der Waals surface area (Å²) >= 11 is 0. The van der Waals surface area contributed by atoms with E-state index in [9.17, 15) is 9.59 Å². The third-order valence-electron chi connectivity index (χ3n) is 3.00. The Morgan fingerprint density at radius 1 is 1.29 bits per heavy atom. The highest BCUT2D eigenvalue weighted by atomic mass is 16.5. The summed E-state index contributed by atoms with van der Waals surface area (Å²) in [5.41, 5.74) is 1.000. The second kappa shape index (κ2) is 6.69. The lowest BCUT2D eigenvalue weighted by Crippen LogP contribution is -2.36. The van der Waals surface area contributed by atoms with Crippen molar-refractivity contribution in [3.05, 3.63) is 42.1 Å². The van der Waals surface area contributed by atoms with Crippen LogP contribution in [0.3, 0.4) is 0 Å². The van der Waals surface area contributed by atoms with Crippen LogP contribution in [0.15, 0.2) is 40.9 Å². The molecule has 1 amide bonds. The fourth-order valence-corrected chi connectivity index (χ4v) is 1.82. The summed E-state index contributed by atoms with van der Waals surface area (Å²) in [6.45, 7) is 2.04. The quantitative estimate of drug-likeness (QED) is 0.787. The summed E-state index contributed by atoms with van der Waals surface area (Å²) in [4.78, 5) is 24.9. The van der Waals surface area contributed by atoms with Gasteiger partial charge in [-0.15, -0.1) is 0 Å². The predicted molar refractivity (Wildman–Crippen MR) is 75.5 cm³/mol. The molecule has 0 fully saturated rings. The molecule has 1 aromatic carbocycles. The lowest BCUT2D eigenvalue weighted by molar-refractivity contribution is -0.141. The Balaban J connectivity index is 2.16. The minimum absolute atomic E-state index is 0.112. The van der Waals surface area contributed by atoms with Crippen molar-refractivity contribution >= 4 is 11.9 Å². The minimum atomic E-state index is -0.475. The second-order valence-electron chi connectivity index (χ2n) is 4.34. The Morgan fingerprint density at radius 2 is 2.00 bits per heavy atom. The van der Waals surface area contributed by atoms with E-state index in [-0.39, 0.29) is 18.1 Å². The van der Waals surface area contributed by atoms with Gasteiger partial charge in [0, 0.05) is 18.2 Å². The normalized spacial score (nSPS) is 10.2. The summed E-state index contributed by atoms with van der Waals surface area (Å²) < 4.78 is 9.75. The monoisotopic (exact) mass is 288 g/mol. The Bertz CT molecular complexity index is 622. The van der Waals surface area contributed by atoms with Gasteiger partial charge in [-0.2, -0.15) is 0 Å². The lowest BCUT2D eigenvalue weighted by Gasteiger charge is -2.17. The molecule has 0 bridgehead atoms. The molecule has 0 saturated carbocycles. The number of aromatic nitrogens is 1. The van der Waals surface area contributed by atoms with E-state index in [1.807, 2.05) is 30.3 Å². The van der Waals surface area contributed by atoms with Crippen molar-refractivity contribution in [3.63, 3.8) is 0 Å². The molecule has 0 aliphatic rings. The molecule has 6 heteroatoms. The molecule has 0 atom stereocenters. The van der Waals surface area contributed by atoms with Gasteiger partial charge >= 0.3 is 5.97 Å². The van der Waals surface area contributed by atoms with E-state index in [0.29, 0.717) is 12.3 Å². The number of ether oxygens (including phenoxy) is 1. The smallest absolute Gasteiger partial charge is 0.325 e. The van der Waals surface area contributed by atoms with Gasteiger partial charge in [0.25, 0.3) is 5.91 Å². The Kier molecular flexibility index (Phi) is 4.71. The van der Waals surface area contributed by atoms with Gasteiger partial charge in [0.1, 0.15) is 6.54 Å². The fraction of sp³-hybridized carbons (Fsp3) is 0.267. The molecule has 1 heterocycles. The average molecular weight is 288 g/mol. The lowest BCUT2D eigenvalue weighted by atomic mass is 10.1. The molecule has 1 aromatic heterocycles. The zero-order chi connectivity index (χ0) is 15.2. The van der Waals surface area contributed by atoms with Crippen LogP contribution in [0.2, 0.25) is 0 Å². The van der Waals surface area contributed by atoms with Crippen LogP contribution < -0.4 is 0 Å². The molecule has 0 unspecified atom stereocenters. The third kappa shape index (κ3) is 3.47. The van der Waals surface area contributed by atoms with Crippen molar-refractivity contribution in [2.45, 2.75) is 6.92 Å². The topological polar surface area (TPSA) is 72.6 Å². The average Bonchev–Trinajstić information content (AvgIpc) is 3.02. The number of rotatable bonds is 5. The fourth-order valence-electron chi connectivity index (χ4n) is 1.82. The molecule has 2 rings (SSSR count). The highest BCUT2D eigenvalue weighted by molar-refractivity contribution is 5.95. The number of carbonyl (C=O) groups excluding carboxylic acids is 2. The van der Waals surface area contributed by atoms with E-state index in [2.05, 4.69) is 9.89 Å². The van der Waals surface area contributed by atoms with Crippen LogP contribution in [0.1, 0.15) is 17.4 Å². The van der Waals surface area contributed by atoms with Crippen LogP contribution in [0, 0.1) is 0 Å². The van der Waals surface area contributed by atoms with Crippen molar-refractivity contribution in [2.24, 2.45) is 0 Å². The molecule has 0 aliphatic heterocycles. The first kappa shape index (κ1) is 14.8. The molecule has 2 aromatic rings. The van der Waals surface area contributed by atoms with E-state index in [0.717, 1.165) is 5.56 Å². The molecular formula is C15H16N2O4. The van der Waals surface area contributed by atoms with Crippen LogP contribution in [0.4, 0.5) is 0 Å². The number of nitrogens with zero attached hydrogens (tertiary/aromatic N) is 2. The Hall–Kier alpha value is -2.63. The number of hydrogen-bond acceptors (Lipinski definition) is 5. The highest BCUT2D eigenvalue weighted by Crippen LogP contribution is 2.20. The zero-order valence-electron chi connectivity index (χ0n) is 11.9. The number of benzene rings is 1. The van der Waals surface area contributed by atoms with E-state index < -0.39 is 5.97 Å². The number of methoxy groups -OCH3 is 1. The molecule has 0 aliphatic carbocycles. The van der Waals surface area contributed by atoms with E-state index in [4.69, 9.17) is 4.52 Å². The largest absolute Gasteiger partial charge is 0.468 e. The molecule has 0 N–H and O–H groups in total. The van der Waals surface area contributed by atoms with E-state index in [1.165, 1.54) is 12.0 Å². The van der Waals surface area contributed by atoms with Crippen molar-refractivity contribution in [2.75, 3.05) is 20.2 Å². The maximum absolute atomic E-state index is 12.3. The van der Waals surface area contributed by atoms with Gasteiger partial charge < -0.3 is 14.2 Å². The molecule has 110 valence electrons. The Labute approximate surface area is 122 Å². The van der Waals surface area contributed by atoms with Crippen molar-refractivity contribution in [1.82, 2.24) is 10.1 Å². The molecule has 21 heavy (non-hydrogen) atoms. The summed E-state index contributed by atoms with van der Waals surface area (Å²) in [5.74, 6) is -0.334. The number of hydrogen-bond donors (Lipinski definition) is 0. The van der Waals surface area contributed by atoms with Crippen LogP contribution >= 0.6 is 0 Å². The van der Waals surface area contributed by atoms with Gasteiger partial charge in [-0.3, -0.25) is 9.59 Å². The molecule has 0 saturated heterocycles. The van der Waals surface area contributed by atoms with Gasteiger partial charge in [0.15, 0.2) is 11.5 Å². The van der Waals surface area contributed by atoms with Crippen molar-refractivity contribution < 1.29 is 18.8 Å². The predicted octanol–water partition coefficient (Wildman–Crippen LogP) is 1.98. The third-order valence-corrected chi connectivity index (χ3v) is 3.00. The van der Waals surface area contributed by atoms with Crippen molar-refractivity contribution in [3.8, 4) is 11.3 Å². The van der Waals surface area contributed by atoms with Gasteiger partial charge in [0.2, 0.25) is 0 Å². The van der Waals surface area contributed by atoms with E-state index >= 15 is 0 Å². The summed E-state index contributed by atoms with van der Waals surface area (Å²) in [7, 11) is 1.28. The minimum Gasteiger partial charge on any atom is -0.468 e. The first-order chi connectivity index (χ1) is 10.2. The van der Waals surface area contributed by atoms with Crippen LogP contribution in [-0.4, -0.2) is 42.1 Å². The van der Waals surface area contributed by atoms with Crippen molar-refractivity contribution in [1.29, 1.82) is 0 Å². The van der Waals surface area contributed by atoms with E-state index in [1.54, 1.807) is 13.0 Å².